The number of aromatic amines is 1. The molecule has 1 atom stereocenters. The molecule has 12 heteroatoms. The lowest BCUT2D eigenvalue weighted by Gasteiger charge is -2.45. The van der Waals surface area contributed by atoms with Crippen molar-refractivity contribution >= 4 is 27.6 Å². The van der Waals surface area contributed by atoms with Gasteiger partial charge in [-0.05, 0) is 12.8 Å². The number of hydrogen-bond acceptors (Lipinski definition) is 8. The minimum atomic E-state index is -4.32. The van der Waals surface area contributed by atoms with Gasteiger partial charge in [0.2, 0.25) is 5.43 Å². The SMILES string of the molecule is O=C(OC[C@H]1N(S(=O)(=O)O)CC12CC2)c1csc(-c2cc(=O)c(O)c[nH]2)n1. The van der Waals surface area contributed by atoms with Crippen LogP contribution in [0.2, 0.25) is 0 Å². The van der Waals surface area contributed by atoms with E-state index in [4.69, 9.17) is 4.74 Å². The van der Waals surface area contributed by atoms with Crippen LogP contribution in [0.5, 0.6) is 5.75 Å². The molecule has 1 aliphatic heterocycles. The van der Waals surface area contributed by atoms with Gasteiger partial charge in [-0.25, -0.2) is 9.78 Å². The number of H-pyrrole nitrogens is 1. The van der Waals surface area contributed by atoms with Crippen molar-refractivity contribution in [2.75, 3.05) is 13.2 Å². The summed E-state index contributed by atoms with van der Waals surface area (Å²) in [6, 6.07) is 0.598. The summed E-state index contributed by atoms with van der Waals surface area (Å²) in [5, 5.41) is 11.1. The summed E-state index contributed by atoms with van der Waals surface area (Å²) in [6.45, 7) is 0.0740. The van der Waals surface area contributed by atoms with E-state index < -0.39 is 33.5 Å². The van der Waals surface area contributed by atoms with Crippen LogP contribution in [-0.4, -0.2) is 57.5 Å². The van der Waals surface area contributed by atoms with E-state index in [-0.39, 0.29) is 24.3 Å². The first kappa shape index (κ1) is 18.1. The number of nitrogens with one attached hydrogen (secondary N) is 1. The van der Waals surface area contributed by atoms with Gasteiger partial charge in [0.15, 0.2) is 11.4 Å². The van der Waals surface area contributed by atoms with Gasteiger partial charge in [0.1, 0.15) is 11.6 Å². The molecule has 0 bridgehead atoms. The fraction of sp³-hybridized carbons (Fsp3) is 0.400. The summed E-state index contributed by atoms with van der Waals surface area (Å²) in [4.78, 5) is 30.5. The standard InChI is InChI=1S/C15H15N3O7S2/c19-10-3-8(16-4-11(10)20)13-17-9(6-26-13)14(21)25-5-12-15(1-2-15)7-18(12)27(22,23)24/h3-4,6,12,20H,1-2,5,7H2,(H,16,19)(H,22,23,24)/t12-/m1/s1. The highest BCUT2D eigenvalue weighted by atomic mass is 32.2. The molecule has 2 fully saturated rings. The Labute approximate surface area is 157 Å². The first-order valence-electron chi connectivity index (χ1n) is 7.99. The number of pyridine rings is 1. The molecule has 1 saturated carbocycles. The summed E-state index contributed by atoms with van der Waals surface area (Å²) in [5.74, 6) is -1.15. The zero-order chi connectivity index (χ0) is 19.4. The number of carbonyl (C=O) groups excluding carboxylic acids is 1. The first-order chi connectivity index (χ1) is 12.7. The van der Waals surface area contributed by atoms with Crippen molar-refractivity contribution in [1.29, 1.82) is 0 Å². The number of hydrogen-bond donors (Lipinski definition) is 3. The molecule has 27 heavy (non-hydrogen) atoms. The molecule has 0 unspecified atom stereocenters. The summed E-state index contributed by atoms with van der Waals surface area (Å²) in [6.07, 6.45) is 2.79. The fourth-order valence-corrected chi connectivity index (χ4v) is 4.97. The quantitative estimate of drug-likeness (QED) is 0.477. The molecule has 10 nitrogen and oxygen atoms in total. The van der Waals surface area contributed by atoms with Gasteiger partial charge in [0.25, 0.3) is 0 Å². The van der Waals surface area contributed by atoms with Crippen molar-refractivity contribution in [3.8, 4) is 16.5 Å². The number of thiazole rings is 1. The van der Waals surface area contributed by atoms with E-state index in [0.29, 0.717) is 10.7 Å². The Morgan fingerprint density at radius 2 is 2.22 bits per heavy atom. The predicted octanol–water partition coefficient (Wildman–Crippen LogP) is 0.628. The Balaban J connectivity index is 1.44. The van der Waals surface area contributed by atoms with Crippen molar-refractivity contribution in [3.63, 3.8) is 0 Å². The molecule has 3 N–H and O–H groups in total. The highest BCUT2D eigenvalue weighted by molar-refractivity contribution is 7.83. The molecular formula is C15H15N3O7S2. The van der Waals surface area contributed by atoms with E-state index >= 15 is 0 Å². The zero-order valence-electron chi connectivity index (χ0n) is 13.8. The molecule has 0 amide bonds. The highest BCUT2D eigenvalue weighted by Crippen LogP contribution is 2.58. The number of aromatic hydroxyl groups is 1. The summed E-state index contributed by atoms with van der Waals surface area (Å²) < 4.78 is 38.1. The maximum Gasteiger partial charge on any atom is 0.357 e. The minimum absolute atomic E-state index is 0.0199. The molecule has 2 aliphatic rings. The van der Waals surface area contributed by atoms with Crippen LogP contribution in [0.25, 0.3) is 10.7 Å². The number of nitrogens with zero attached hydrogens (tertiary/aromatic N) is 2. The second-order valence-corrected chi connectivity index (χ2v) is 8.86. The molecular weight excluding hydrogens is 398 g/mol. The van der Waals surface area contributed by atoms with Crippen LogP contribution in [-0.2, 0) is 15.0 Å². The Bertz CT molecular complexity index is 1070. The topological polar surface area (TPSA) is 150 Å². The number of carbonyl (C=O) groups is 1. The molecule has 0 radical (unpaired) electrons. The molecule has 0 aromatic carbocycles. The average molecular weight is 413 g/mol. The van der Waals surface area contributed by atoms with Crippen LogP contribution in [0.1, 0.15) is 23.3 Å². The summed E-state index contributed by atoms with van der Waals surface area (Å²) in [7, 11) is -4.32. The van der Waals surface area contributed by atoms with Crippen LogP contribution < -0.4 is 5.43 Å². The Morgan fingerprint density at radius 1 is 1.48 bits per heavy atom. The molecule has 4 rings (SSSR count). The Hall–Kier alpha value is -2.28. The summed E-state index contributed by atoms with van der Waals surface area (Å²) in [5.41, 5.74) is -0.413. The fourth-order valence-electron chi connectivity index (χ4n) is 3.18. The lowest BCUT2D eigenvalue weighted by atomic mass is 9.88. The number of rotatable bonds is 5. The van der Waals surface area contributed by atoms with Crippen LogP contribution in [0, 0.1) is 5.41 Å². The maximum atomic E-state index is 12.2. The minimum Gasteiger partial charge on any atom is -0.503 e. The van der Waals surface area contributed by atoms with Crippen molar-refractivity contribution in [1.82, 2.24) is 14.3 Å². The number of ether oxygens (including phenoxy) is 1. The van der Waals surface area contributed by atoms with Crippen molar-refractivity contribution in [2.45, 2.75) is 18.9 Å². The van der Waals surface area contributed by atoms with Gasteiger partial charge in [-0.2, -0.15) is 12.7 Å². The van der Waals surface area contributed by atoms with Crippen LogP contribution >= 0.6 is 11.3 Å². The van der Waals surface area contributed by atoms with Crippen molar-refractivity contribution < 1.29 is 27.6 Å². The van der Waals surface area contributed by atoms with E-state index in [9.17, 15) is 27.7 Å². The smallest absolute Gasteiger partial charge is 0.357 e. The van der Waals surface area contributed by atoms with Crippen molar-refractivity contribution in [2.24, 2.45) is 5.41 Å². The van der Waals surface area contributed by atoms with E-state index in [1.54, 1.807) is 0 Å². The average Bonchev–Trinajstić information content (AvgIpc) is 3.26. The van der Waals surface area contributed by atoms with E-state index in [2.05, 4.69) is 9.97 Å². The Morgan fingerprint density at radius 3 is 2.85 bits per heavy atom. The second-order valence-electron chi connectivity index (χ2n) is 6.63. The van der Waals surface area contributed by atoms with E-state index in [1.807, 2.05) is 0 Å². The third kappa shape index (κ3) is 3.25. The first-order valence-corrected chi connectivity index (χ1v) is 10.3. The number of esters is 1. The van der Waals surface area contributed by atoms with Gasteiger partial charge in [-0.15, -0.1) is 11.3 Å². The second kappa shape index (κ2) is 6.12. The third-order valence-electron chi connectivity index (χ3n) is 4.92. The zero-order valence-corrected chi connectivity index (χ0v) is 15.4. The van der Waals surface area contributed by atoms with Gasteiger partial charge in [0.05, 0.1) is 11.7 Å². The van der Waals surface area contributed by atoms with Gasteiger partial charge in [0, 0.05) is 29.6 Å². The normalized spacial score (nSPS) is 21.0. The van der Waals surface area contributed by atoms with Crippen LogP contribution in [0.4, 0.5) is 0 Å². The molecule has 3 heterocycles. The Kier molecular flexibility index (Phi) is 4.10. The van der Waals surface area contributed by atoms with Crippen LogP contribution in [0.3, 0.4) is 0 Å². The van der Waals surface area contributed by atoms with Crippen molar-refractivity contribution in [3.05, 3.63) is 33.6 Å². The lowest BCUT2D eigenvalue weighted by molar-refractivity contribution is -0.00318. The molecule has 1 aliphatic carbocycles. The molecule has 2 aromatic rings. The van der Waals surface area contributed by atoms with Gasteiger partial charge >= 0.3 is 16.3 Å². The predicted molar refractivity (Wildman–Crippen MR) is 93.8 cm³/mol. The van der Waals surface area contributed by atoms with Crippen LogP contribution in [0.15, 0.2) is 22.4 Å². The van der Waals surface area contributed by atoms with Gasteiger partial charge in [-0.1, -0.05) is 0 Å². The highest BCUT2D eigenvalue weighted by Gasteiger charge is 2.64. The third-order valence-corrected chi connectivity index (χ3v) is 6.77. The molecule has 1 saturated heterocycles. The monoisotopic (exact) mass is 413 g/mol. The van der Waals surface area contributed by atoms with Gasteiger partial charge < -0.3 is 14.8 Å². The lowest BCUT2D eigenvalue weighted by Crippen LogP contribution is -2.62. The van der Waals surface area contributed by atoms with E-state index in [1.165, 1.54) is 11.4 Å². The molecule has 2 aromatic heterocycles. The van der Waals surface area contributed by atoms with Gasteiger partial charge in [-0.3, -0.25) is 9.35 Å². The molecule has 144 valence electrons. The number of aromatic nitrogens is 2. The molecule has 1 spiro atoms. The van der Waals surface area contributed by atoms with E-state index in [0.717, 1.165) is 34.7 Å². The largest absolute Gasteiger partial charge is 0.503 e. The maximum absolute atomic E-state index is 12.2. The summed E-state index contributed by atoms with van der Waals surface area (Å²) >= 11 is 1.11.